The summed E-state index contributed by atoms with van der Waals surface area (Å²) < 4.78 is 26.9. The van der Waals surface area contributed by atoms with Crippen LogP contribution in [0, 0.1) is 5.92 Å². The molecule has 1 unspecified atom stereocenters. The summed E-state index contributed by atoms with van der Waals surface area (Å²) in [6.45, 7) is 5.48. The number of nitrogens with one attached hydrogen (secondary N) is 2. The van der Waals surface area contributed by atoms with Gasteiger partial charge >= 0.3 is 0 Å². The highest BCUT2D eigenvalue weighted by molar-refractivity contribution is 7.98. The highest BCUT2D eigenvalue weighted by Crippen LogP contribution is 2.14. The van der Waals surface area contributed by atoms with E-state index in [0.29, 0.717) is 17.4 Å². The lowest BCUT2D eigenvalue weighted by Gasteiger charge is -2.12. The molecule has 2 N–H and O–H groups in total. The fraction of sp³-hybridized carbons (Fsp3) is 0.571. The first kappa shape index (κ1) is 17.3. The van der Waals surface area contributed by atoms with E-state index in [9.17, 15) is 8.42 Å². The van der Waals surface area contributed by atoms with E-state index in [0.717, 1.165) is 24.4 Å². The third kappa shape index (κ3) is 5.73. The molecule has 4 nitrogen and oxygen atoms in total. The molecule has 0 aromatic heterocycles. The van der Waals surface area contributed by atoms with Crippen molar-refractivity contribution < 1.29 is 8.42 Å². The maximum absolute atomic E-state index is 12.1. The minimum absolute atomic E-state index is 0.316. The number of hydrogen-bond donors (Lipinski definition) is 2. The van der Waals surface area contributed by atoms with Crippen molar-refractivity contribution in [2.24, 2.45) is 5.92 Å². The van der Waals surface area contributed by atoms with Gasteiger partial charge in [-0.1, -0.05) is 13.8 Å². The van der Waals surface area contributed by atoms with Crippen molar-refractivity contribution in [1.29, 1.82) is 0 Å². The van der Waals surface area contributed by atoms with Crippen LogP contribution in [0.25, 0.3) is 0 Å². The Labute approximate surface area is 126 Å². The fourth-order valence-electron chi connectivity index (χ4n) is 1.70. The van der Waals surface area contributed by atoms with Crippen molar-refractivity contribution in [3.05, 3.63) is 24.3 Å². The van der Waals surface area contributed by atoms with E-state index in [1.54, 1.807) is 36.0 Å². The van der Waals surface area contributed by atoms with Gasteiger partial charge in [-0.25, -0.2) is 13.1 Å². The third-order valence-corrected chi connectivity index (χ3v) is 5.16. The highest BCUT2D eigenvalue weighted by Gasteiger charge is 2.14. The van der Waals surface area contributed by atoms with Crippen LogP contribution in [0.3, 0.4) is 0 Å². The molecule has 0 radical (unpaired) electrons. The van der Waals surface area contributed by atoms with E-state index >= 15 is 0 Å². The largest absolute Gasteiger partial charge is 0.385 e. The van der Waals surface area contributed by atoms with Crippen LogP contribution in [0.5, 0.6) is 0 Å². The normalized spacial score (nSPS) is 13.2. The Kier molecular flexibility index (Phi) is 7.40. The van der Waals surface area contributed by atoms with Gasteiger partial charge in [-0.05, 0) is 48.6 Å². The Morgan fingerprint density at radius 3 is 2.45 bits per heavy atom. The summed E-state index contributed by atoms with van der Waals surface area (Å²) in [6.07, 6.45) is 3.06. The Hall–Kier alpha value is -0.720. The number of anilines is 1. The van der Waals surface area contributed by atoms with E-state index < -0.39 is 10.0 Å². The lowest BCUT2D eigenvalue weighted by molar-refractivity contribution is 0.562. The minimum Gasteiger partial charge on any atom is -0.385 e. The minimum atomic E-state index is -3.40. The number of rotatable bonds is 9. The van der Waals surface area contributed by atoms with E-state index in [1.807, 2.05) is 13.2 Å². The van der Waals surface area contributed by atoms with Gasteiger partial charge in [0.25, 0.3) is 0 Å². The molecule has 0 bridgehead atoms. The molecule has 0 amide bonds. The summed E-state index contributed by atoms with van der Waals surface area (Å²) in [4.78, 5) is 0.316. The molecule has 1 aromatic rings. The molecule has 0 saturated heterocycles. The first-order valence-corrected chi connectivity index (χ1v) is 9.69. The zero-order valence-corrected chi connectivity index (χ0v) is 14.0. The van der Waals surface area contributed by atoms with Crippen LogP contribution < -0.4 is 10.0 Å². The summed E-state index contributed by atoms with van der Waals surface area (Å²) >= 11 is 1.72. The van der Waals surface area contributed by atoms with Crippen LogP contribution in [-0.2, 0) is 10.0 Å². The second-order valence-electron chi connectivity index (χ2n) is 4.86. The number of sulfonamides is 1. The van der Waals surface area contributed by atoms with Crippen LogP contribution in [-0.4, -0.2) is 33.5 Å². The summed E-state index contributed by atoms with van der Waals surface area (Å²) in [6, 6.07) is 6.88. The van der Waals surface area contributed by atoms with Gasteiger partial charge in [-0.3, -0.25) is 0 Å². The standard InChI is InChI=1S/C14H24N2O2S2/c1-4-9-15-13-5-7-14(8-6-13)20(17,18)16-10-12(2)11-19-3/h5-8,12,15-16H,4,9-11H2,1-3H3. The summed E-state index contributed by atoms with van der Waals surface area (Å²) in [7, 11) is -3.40. The van der Waals surface area contributed by atoms with Crippen LogP contribution >= 0.6 is 11.8 Å². The van der Waals surface area contributed by atoms with Gasteiger partial charge in [-0.15, -0.1) is 0 Å². The van der Waals surface area contributed by atoms with Gasteiger partial charge in [-0.2, -0.15) is 11.8 Å². The average Bonchev–Trinajstić information content (AvgIpc) is 2.44. The molecular formula is C14H24N2O2S2. The average molecular weight is 316 g/mol. The Balaban J connectivity index is 2.63. The molecule has 0 aliphatic heterocycles. The molecule has 0 aliphatic rings. The smallest absolute Gasteiger partial charge is 0.240 e. The van der Waals surface area contributed by atoms with Crippen molar-refractivity contribution in [3.63, 3.8) is 0 Å². The van der Waals surface area contributed by atoms with Crippen molar-refractivity contribution in [3.8, 4) is 0 Å². The highest BCUT2D eigenvalue weighted by atomic mass is 32.2. The zero-order valence-electron chi connectivity index (χ0n) is 12.3. The molecule has 114 valence electrons. The SMILES string of the molecule is CCCNc1ccc(S(=O)(=O)NCC(C)CSC)cc1. The maximum atomic E-state index is 12.1. The third-order valence-electron chi connectivity index (χ3n) is 2.82. The quantitative estimate of drug-likeness (QED) is 0.735. The second kappa shape index (κ2) is 8.54. The molecule has 1 atom stereocenters. The van der Waals surface area contributed by atoms with Crippen LogP contribution in [0.15, 0.2) is 29.2 Å². The summed E-state index contributed by atoms with van der Waals surface area (Å²) in [5.74, 6) is 1.27. The van der Waals surface area contributed by atoms with E-state index in [4.69, 9.17) is 0 Å². The lowest BCUT2D eigenvalue weighted by Crippen LogP contribution is -2.29. The molecule has 20 heavy (non-hydrogen) atoms. The molecule has 0 heterocycles. The molecule has 1 rings (SSSR count). The van der Waals surface area contributed by atoms with Gasteiger partial charge in [0.05, 0.1) is 4.90 Å². The number of thioether (sulfide) groups is 1. The maximum Gasteiger partial charge on any atom is 0.240 e. The number of hydrogen-bond acceptors (Lipinski definition) is 4. The van der Waals surface area contributed by atoms with Gasteiger partial charge in [0, 0.05) is 18.8 Å². The van der Waals surface area contributed by atoms with Gasteiger partial charge in [0.1, 0.15) is 0 Å². The number of benzene rings is 1. The van der Waals surface area contributed by atoms with Crippen molar-refractivity contribution in [2.45, 2.75) is 25.2 Å². The molecule has 1 aromatic carbocycles. The van der Waals surface area contributed by atoms with Gasteiger partial charge in [0.15, 0.2) is 0 Å². The topological polar surface area (TPSA) is 58.2 Å². The molecule has 0 fully saturated rings. The molecule has 0 saturated carbocycles. The van der Waals surface area contributed by atoms with Crippen molar-refractivity contribution in [2.75, 3.05) is 30.4 Å². The molecule has 0 aliphatic carbocycles. The molecule has 6 heteroatoms. The van der Waals surface area contributed by atoms with Crippen LogP contribution in [0.4, 0.5) is 5.69 Å². The van der Waals surface area contributed by atoms with E-state index in [2.05, 4.69) is 17.0 Å². The van der Waals surface area contributed by atoms with Crippen molar-refractivity contribution >= 4 is 27.5 Å². The first-order valence-electron chi connectivity index (χ1n) is 6.82. The first-order chi connectivity index (χ1) is 9.49. The van der Waals surface area contributed by atoms with Gasteiger partial charge < -0.3 is 5.32 Å². The Morgan fingerprint density at radius 2 is 1.90 bits per heavy atom. The fourth-order valence-corrected chi connectivity index (χ4v) is 3.55. The predicted octanol–water partition coefficient (Wildman–Crippen LogP) is 2.79. The summed E-state index contributed by atoms with van der Waals surface area (Å²) in [5.41, 5.74) is 0.946. The Bertz CT molecular complexity index is 486. The van der Waals surface area contributed by atoms with E-state index in [-0.39, 0.29) is 0 Å². The van der Waals surface area contributed by atoms with E-state index in [1.165, 1.54) is 0 Å². The van der Waals surface area contributed by atoms with Gasteiger partial charge in [0.2, 0.25) is 10.0 Å². The van der Waals surface area contributed by atoms with Crippen LogP contribution in [0.1, 0.15) is 20.3 Å². The van der Waals surface area contributed by atoms with Crippen LogP contribution in [0.2, 0.25) is 0 Å². The molecular weight excluding hydrogens is 292 g/mol. The van der Waals surface area contributed by atoms with Crippen molar-refractivity contribution in [1.82, 2.24) is 4.72 Å². The lowest BCUT2D eigenvalue weighted by atomic mass is 10.2. The second-order valence-corrected chi connectivity index (χ2v) is 7.54. The Morgan fingerprint density at radius 1 is 1.25 bits per heavy atom. The monoisotopic (exact) mass is 316 g/mol. The summed E-state index contributed by atoms with van der Waals surface area (Å²) in [5, 5.41) is 3.22. The molecule has 0 spiro atoms. The predicted molar refractivity (Wildman–Crippen MR) is 88.0 cm³/mol. The zero-order chi connectivity index (χ0) is 15.0.